The van der Waals surface area contributed by atoms with E-state index in [0.29, 0.717) is 28.8 Å². The van der Waals surface area contributed by atoms with Crippen LogP contribution in [-0.4, -0.2) is 23.6 Å². The monoisotopic (exact) mass is 429 g/mol. The molecule has 0 amide bonds. The normalized spacial score (nSPS) is 13.2. The summed E-state index contributed by atoms with van der Waals surface area (Å²) in [6.07, 6.45) is 4.38. The largest absolute Gasteiger partial charge is 0.382 e. The van der Waals surface area contributed by atoms with Crippen molar-refractivity contribution in [3.8, 4) is 17.9 Å². The number of nitrogens with zero attached hydrogens (tertiary/aromatic N) is 5. The van der Waals surface area contributed by atoms with E-state index in [9.17, 15) is 5.26 Å². The number of nitrogen functional groups attached to an aromatic ring is 1. The Morgan fingerprint density at radius 2 is 2.06 bits per heavy atom. The van der Waals surface area contributed by atoms with E-state index in [0.717, 1.165) is 29.7 Å². The van der Waals surface area contributed by atoms with E-state index >= 15 is 4.39 Å². The van der Waals surface area contributed by atoms with Gasteiger partial charge in [0.05, 0.1) is 17.7 Å². The highest BCUT2D eigenvalue weighted by Crippen LogP contribution is 2.41. The van der Waals surface area contributed by atoms with Crippen molar-refractivity contribution in [2.75, 3.05) is 29.2 Å². The first-order valence-electron chi connectivity index (χ1n) is 10.3. The Morgan fingerprint density at radius 1 is 1.28 bits per heavy atom. The summed E-state index contributed by atoms with van der Waals surface area (Å²) in [4.78, 5) is 10.5. The van der Waals surface area contributed by atoms with Crippen molar-refractivity contribution in [3.63, 3.8) is 0 Å². The van der Waals surface area contributed by atoms with Gasteiger partial charge in [0.25, 0.3) is 0 Å². The second kappa shape index (κ2) is 7.99. The predicted molar refractivity (Wildman–Crippen MR) is 125 cm³/mol. The molecule has 1 aliphatic rings. The van der Waals surface area contributed by atoms with Gasteiger partial charge in [-0.3, -0.25) is 4.98 Å². The van der Waals surface area contributed by atoms with Gasteiger partial charge >= 0.3 is 0 Å². The summed E-state index contributed by atoms with van der Waals surface area (Å²) in [5, 5.41) is 11.4. The molecule has 0 bridgehead atoms. The Bertz CT molecular complexity index is 1310. The van der Waals surface area contributed by atoms with Crippen LogP contribution < -0.4 is 21.5 Å². The molecular formula is C24H24FN7. The number of nitrogens with two attached hydrogens (primary N) is 2. The molecule has 4 rings (SSSR count). The minimum absolute atomic E-state index is 0.198. The maximum Gasteiger partial charge on any atom is 0.153 e. The number of rotatable bonds is 2. The molecular weight excluding hydrogens is 405 g/mol. The third-order valence-electron chi connectivity index (χ3n) is 5.50. The van der Waals surface area contributed by atoms with Crippen LogP contribution in [0.4, 0.5) is 27.4 Å². The van der Waals surface area contributed by atoms with Gasteiger partial charge in [-0.1, -0.05) is 17.9 Å². The van der Waals surface area contributed by atoms with E-state index in [1.165, 1.54) is 11.2 Å². The lowest BCUT2D eigenvalue weighted by Crippen LogP contribution is -2.29. The van der Waals surface area contributed by atoms with Crippen molar-refractivity contribution < 1.29 is 4.39 Å². The first kappa shape index (κ1) is 21.4. The van der Waals surface area contributed by atoms with Crippen LogP contribution in [0.1, 0.15) is 31.4 Å². The molecule has 1 aliphatic heterocycles. The molecule has 32 heavy (non-hydrogen) atoms. The van der Waals surface area contributed by atoms with Crippen molar-refractivity contribution in [2.45, 2.75) is 26.7 Å². The van der Waals surface area contributed by atoms with E-state index in [4.69, 9.17) is 11.6 Å². The van der Waals surface area contributed by atoms with Gasteiger partial charge in [-0.05, 0) is 44.4 Å². The van der Waals surface area contributed by atoms with Crippen LogP contribution >= 0.6 is 0 Å². The highest BCUT2D eigenvalue weighted by atomic mass is 19.1. The number of aromatic nitrogens is 2. The van der Waals surface area contributed by atoms with Crippen LogP contribution in [0.5, 0.6) is 0 Å². The minimum Gasteiger partial charge on any atom is -0.382 e. The van der Waals surface area contributed by atoms with E-state index in [1.807, 2.05) is 23.1 Å². The van der Waals surface area contributed by atoms with Crippen LogP contribution in [0.15, 0.2) is 30.6 Å². The van der Waals surface area contributed by atoms with Crippen molar-refractivity contribution in [1.29, 1.82) is 5.26 Å². The van der Waals surface area contributed by atoms with Crippen LogP contribution in [0.25, 0.3) is 10.8 Å². The van der Waals surface area contributed by atoms with Crippen molar-refractivity contribution in [3.05, 3.63) is 47.5 Å². The average Bonchev–Trinajstić information content (AvgIpc) is 2.76. The van der Waals surface area contributed by atoms with Gasteiger partial charge in [0, 0.05) is 36.4 Å². The highest BCUT2D eigenvalue weighted by Gasteiger charge is 2.26. The molecule has 0 saturated heterocycles. The summed E-state index contributed by atoms with van der Waals surface area (Å²) in [5.74, 6) is 12.3. The Balaban J connectivity index is 1.93. The first-order valence-corrected chi connectivity index (χ1v) is 10.3. The number of nitriles is 1. The molecule has 0 spiro atoms. The summed E-state index contributed by atoms with van der Waals surface area (Å²) < 4.78 is 15.0. The smallest absolute Gasteiger partial charge is 0.153 e. The zero-order valence-corrected chi connectivity index (χ0v) is 18.3. The number of fused-ring (bicyclic) bond motifs is 2. The number of anilines is 4. The van der Waals surface area contributed by atoms with E-state index < -0.39 is 11.2 Å². The molecule has 3 aromatic rings. The van der Waals surface area contributed by atoms with Crippen molar-refractivity contribution in [1.82, 2.24) is 9.97 Å². The molecule has 0 fully saturated rings. The quantitative estimate of drug-likeness (QED) is 0.364. The second-order valence-electron chi connectivity index (χ2n) is 8.37. The predicted octanol–water partition coefficient (Wildman–Crippen LogP) is 3.65. The van der Waals surface area contributed by atoms with Crippen LogP contribution in [-0.2, 0) is 6.42 Å². The zero-order chi connectivity index (χ0) is 23.0. The van der Waals surface area contributed by atoms with Crippen molar-refractivity contribution >= 4 is 33.8 Å². The summed E-state index contributed by atoms with van der Waals surface area (Å²) in [7, 11) is 1.63. The van der Waals surface area contributed by atoms with Crippen LogP contribution in [0.3, 0.4) is 0 Å². The third-order valence-corrected chi connectivity index (χ3v) is 5.50. The summed E-state index contributed by atoms with van der Waals surface area (Å²) in [5.41, 5.74) is 8.72. The van der Waals surface area contributed by atoms with Gasteiger partial charge < -0.3 is 15.6 Å². The SMILES string of the molecule is CN(N)c1c(N)nc(N2CCCc3c(C#CC(C)(C)C#N)cccc32)c2c(F)cncc12. The Labute approximate surface area is 186 Å². The number of hydrogen-bond acceptors (Lipinski definition) is 7. The van der Waals surface area contributed by atoms with Gasteiger partial charge in [0.15, 0.2) is 11.6 Å². The minimum atomic E-state index is -0.747. The average molecular weight is 430 g/mol. The fraction of sp³-hybridized carbons (Fsp3) is 0.292. The molecule has 7 nitrogen and oxygen atoms in total. The molecule has 3 heterocycles. The van der Waals surface area contributed by atoms with Gasteiger partial charge in [-0.2, -0.15) is 5.26 Å². The zero-order valence-electron chi connectivity index (χ0n) is 18.3. The van der Waals surface area contributed by atoms with Crippen LogP contribution in [0.2, 0.25) is 0 Å². The fourth-order valence-corrected chi connectivity index (χ4v) is 3.98. The lowest BCUT2D eigenvalue weighted by atomic mass is 9.93. The summed E-state index contributed by atoms with van der Waals surface area (Å²) in [6.45, 7) is 4.22. The molecule has 0 unspecified atom stereocenters. The van der Waals surface area contributed by atoms with Crippen molar-refractivity contribution in [2.24, 2.45) is 11.3 Å². The number of hydrogen-bond donors (Lipinski definition) is 2. The van der Waals surface area contributed by atoms with Gasteiger partial charge in [0.1, 0.15) is 16.9 Å². The Hall–Kier alpha value is -3.88. The Kier molecular flexibility index (Phi) is 5.33. The lowest BCUT2D eigenvalue weighted by molar-refractivity contribution is 0.633. The molecule has 0 saturated carbocycles. The van der Waals surface area contributed by atoms with E-state index in [2.05, 4.69) is 27.9 Å². The second-order valence-corrected chi connectivity index (χ2v) is 8.37. The summed E-state index contributed by atoms with van der Waals surface area (Å²) >= 11 is 0. The highest BCUT2D eigenvalue weighted by molar-refractivity contribution is 6.05. The fourth-order valence-electron chi connectivity index (χ4n) is 3.98. The molecule has 1 aromatic carbocycles. The summed E-state index contributed by atoms with van der Waals surface area (Å²) in [6, 6.07) is 8.03. The number of hydrazine groups is 1. The van der Waals surface area contributed by atoms with Gasteiger partial charge in [0.2, 0.25) is 0 Å². The maximum absolute atomic E-state index is 15.0. The number of pyridine rings is 2. The van der Waals surface area contributed by atoms with Crippen LogP contribution in [0, 0.1) is 34.4 Å². The van der Waals surface area contributed by atoms with E-state index in [-0.39, 0.29) is 5.82 Å². The number of benzene rings is 1. The molecule has 2 aromatic heterocycles. The Morgan fingerprint density at radius 3 is 2.78 bits per heavy atom. The maximum atomic E-state index is 15.0. The third kappa shape index (κ3) is 3.66. The van der Waals surface area contributed by atoms with E-state index in [1.54, 1.807) is 27.1 Å². The molecule has 162 valence electrons. The molecule has 0 aliphatic carbocycles. The molecule has 0 atom stereocenters. The lowest BCUT2D eigenvalue weighted by Gasteiger charge is -2.32. The first-order chi connectivity index (χ1) is 15.2. The molecule has 0 radical (unpaired) electrons. The number of halogens is 1. The van der Waals surface area contributed by atoms with Gasteiger partial charge in [-0.25, -0.2) is 15.2 Å². The molecule has 8 heteroatoms. The van der Waals surface area contributed by atoms with Gasteiger partial charge in [-0.15, -0.1) is 0 Å². The topological polar surface area (TPSA) is 108 Å². The molecule has 4 N–H and O–H groups in total. The standard InChI is InChI=1S/C24H24FN7/c1-24(2,14-26)10-9-15-6-4-8-19-16(15)7-5-11-32(19)23-20-17(12-29-13-18(20)25)21(31(3)28)22(27)30-23/h4,6,8,12-13H,5,7,11,28H2,1-3H3,(H2,27,30).